The molecule has 19 heavy (non-hydrogen) atoms. The summed E-state index contributed by atoms with van der Waals surface area (Å²) < 4.78 is 26.6. The van der Waals surface area contributed by atoms with Gasteiger partial charge in [-0.05, 0) is 22.0 Å². The maximum Gasteiger partial charge on any atom is 0.175 e. The zero-order valence-electron chi connectivity index (χ0n) is 10.7. The van der Waals surface area contributed by atoms with Crippen molar-refractivity contribution in [2.24, 2.45) is 7.05 Å². The number of nitrogen functional groups attached to an aromatic ring is 1. The van der Waals surface area contributed by atoms with Gasteiger partial charge in [0, 0.05) is 13.1 Å². The number of ether oxygens (including phenoxy) is 2. The Morgan fingerprint density at radius 1 is 1.26 bits per heavy atom. The van der Waals surface area contributed by atoms with Crippen LogP contribution >= 0.6 is 15.9 Å². The van der Waals surface area contributed by atoms with Crippen LogP contribution in [-0.2, 0) is 7.05 Å². The molecule has 0 aliphatic heterocycles. The molecule has 0 spiro atoms. The first-order valence-electron chi connectivity index (χ1n) is 5.39. The van der Waals surface area contributed by atoms with Gasteiger partial charge in [0.2, 0.25) is 0 Å². The van der Waals surface area contributed by atoms with E-state index in [-0.39, 0.29) is 11.3 Å². The Morgan fingerprint density at radius 3 is 2.37 bits per heavy atom. The molecule has 0 saturated carbocycles. The highest BCUT2D eigenvalue weighted by atomic mass is 79.9. The SMILES string of the molecule is COc1c(Br)cc(F)c(-c2cc(N)n(C)n2)c1OC. The minimum Gasteiger partial charge on any atom is -0.492 e. The van der Waals surface area contributed by atoms with E-state index >= 15 is 0 Å². The highest BCUT2D eigenvalue weighted by Crippen LogP contribution is 2.44. The summed E-state index contributed by atoms with van der Waals surface area (Å²) in [6, 6.07) is 2.88. The number of hydrogen-bond donors (Lipinski definition) is 1. The number of aryl methyl sites for hydroxylation is 1. The highest BCUT2D eigenvalue weighted by molar-refractivity contribution is 9.10. The van der Waals surface area contributed by atoms with Crippen molar-refractivity contribution in [1.29, 1.82) is 0 Å². The van der Waals surface area contributed by atoms with Crippen molar-refractivity contribution >= 4 is 21.7 Å². The number of benzene rings is 1. The summed E-state index contributed by atoms with van der Waals surface area (Å²) >= 11 is 3.23. The van der Waals surface area contributed by atoms with Crippen molar-refractivity contribution in [3.05, 3.63) is 22.4 Å². The van der Waals surface area contributed by atoms with E-state index in [4.69, 9.17) is 15.2 Å². The summed E-state index contributed by atoms with van der Waals surface area (Å²) in [6.45, 7) is 0. The van der Waals surface area contributed by atoms with Gasteiger partial charge in [0.1, 0.15) is 17.3 Å². The van der Waals surface area contributed by atoms with Gasteiger partial charge in [-0.25, -0.2) is 4.39 Å². The Labute approximate surface area is 118 Å². The number of nitrogens with zero attached hydrogens (tertiary/aromatic N) is 2. The molecule has 0 aliphatic rings. The second-order valence-electron chi connectivity index (χ2n) is 3.86. The monoisotopic (exact) mass is 329 g/mol. The van der Waals surface area contributed by atoms with Gasteiger partial charge in [-0.3, -0.25) is 4.68 Å². The molecule has 0 aliphatic carbocycles. The second kappa shape index (κ2) is 5.08. The minimum absolute atomic E-state index is 0.217. The van der Waals surface area contributed by atoms with Gasteiger partial charge in [-0.2, -0.15) is 5.10 Å². The Hall–Kier alpha value is -1.76. The maximum atomic E-state index is 14.2. The molecule has 0 fully saturated rings. The van der Waals surface area contributed by atoms with Gasteiger partial charge >= 0.3 is 0 Å². The van der Waals surface area contributed by atoms with Crippen LogP contribution in [0.25, 0.3) is 11.3 Å². The van der Waals surface area contributed by atoms with Gasteiger partial charge in [0.05, 0.1) is 24.3 Å². The summed E-state index contributed by atoms with van der Waals surface area (Å²) in [5.74, 6) is 0.636. The Kier molecular flexibility index (Phi) is 3.66. The number of aromatic nitrogens is 2. The predicted octanol–water partition coefficient (Wildman–Crippen LogP) is 2.59. The van der Waals surface area contributed by atoms with Crippen LogP contribution in [0.4, 0.5) is 10.2 Å². The fraction of sp³-hybridized carbons (Fsp3) is 0.250. The zero-order chi connectivity index (χ0) is 14.2. The number of nitrogens with two attached hydrogens (primary N) is 1. The topological polar surface area (TPSA) is 62.3 Å². The Bertz CT molecular complexity index is 608. The smallest absolute Gasteiger partial charge is 0.175 e. The molecule has 2 N–H and O–H groups in total. The Morgan fingerprint density at radius 2 is 1.89 bits per heavy atom. The number of hydrogen-bond acceptors (Lipinski definition) is 4. The largest absolute Gasteiger partial charge is 0.492 e. The van der Waals surface area contributed by atoms with Crippen LogP contribution < -0.4 is 15.2 Å². The maximum absolute atomic E-state index is 14.2. The molecule has 0 amide bonds. The fourth-order valence-corrected chi connectivity index (χ4v) is 2.35. The predicted molar refractivity (Wildman–Crippen MR) is 73.8 cm³/mol. The fourth-order valence-electron chi connectivity index (χ4n) is 1.81. The average molecular weight is 330 g/mol. The molecule has 0 bridgehead atoms. The molecule has 2 rings (SSSR count). The van der Waals surface area contributed by atoms with Crippen molar-refractivity contribution in [3.8, 4) is 22.8 Å². The molecule has 0 unspecified atom stereocenters. The summed E-state index contributed by atoms with van der Waals surface area (Å²) in [6.07, 6.45) is 0. The van der Waals surface area contributed by atoms with Crippen molar-refractivity contribution < 1.29 is 13.9 Å². The second-order valence-corrected chi connectivity index (χ2v) is 4.71. The van der Waals surface area contributed by atoms with Crippen LogP contribution in [0.1, 0.15) is 0 Å². The van der Waals surface area contributed by atoms with Gasteiger partial charge in [0.15, 0.2) is 11.5 Å². The lowest BCUT2D eigenvalue weighted by atomic mass is 10.1. The molecule has 0 radical (unpaired) electrons. The van der Waals surface area contributed by atoms with Gasteiger partial charge in [0.25, 0.3) is 0 Å². The summed E-state index contributed by atoms with van der Waals surface area (Å²) in [4.78, 5) is 0. The highest BCUT2D eigenvalue weighted by Gasteiger charge is 2.22. The molecular weight excluding hydrogens is 317 g/mol. The lowest BCUT2D eigenvalue weighted by Gasteiger charge is -2.13. The van der Waals surface area contributed by atoms with E-state index < -0.39 is 5.82 Å². The Balaban J connectivity index is 2.75. The van der Waals surface area contributed by atoms with E-state index in [0.29, 0.717) is 21.7 Å². The van der Waals surface area contributed by atoms with E-state index in [2.05, 4.69) is 21.0 Å². The van der Waals surface area contributed by atoms with Gasteiger partial charge in [-0.15, -0.1) is 0 Å². The molecule has 102 valence electrons. The molecule has 5 nitrogen and oxygen atoms in total. The number of methoxy groups -OCH3 is 2. The lowest BCUT2D eigenvalue weighted by Crippen LogP contribution is -1.99. The molecular formula is C12H13BrFN3O2. The standard InChI is InChI=1S/C12H13BrFN3O2/c1-17-9(15)5-8(16-17)10-7(14)4-6(13)11(18-2)12(10)19-3/h4-5H,15H2,1-3H3. The average Bonchev–Trinajstić information content (AvgIpc) is 2.68. The van der Waals surface area contributed by atoms with Crippen LogP contribution in [0.5, 0.6) is 11.5 Å². The third-order valence-electron chi connectivity index (χ3n) is 2.72. The third-order valence-corrected chi connectivity index (χ3v) is 3.31. The molecule has 2 aromatic rings. The number of anilines is 1. The molecule has 7 heteroatoms. The first-order chi connectivity index (χ1) is 8.99. The molecule has 0 saturated heterocycles. The van der Waals surface area contributed by atoms with Crippen LogP contribution in [0.15, 0.2) is 16.6 Å². The number of rotatable bonds is 3. The normalized spacial score (nSPS) is 10.6. The van der Waals surface area contributed by atoms with Crippen LogP contribution in [0, 0.1) is 5.82 Å². The van der Waals surface area contributed by atoms with E-state index in [1.165, 1.54) is 25.0 Å². The minimum atomic E-state index is -0.470. The number of halogens is 2. The van der Waals surface area contributed by atoms with Crippen LogP contribution in [-0.4, -0.2) is 24.0 Å². The lowest BCUT2D eigenvalue weighted by molar-refractivity contribution is 0.352. The van der Waals surface area contributed by atoms with Crippen molar-refractivity contribution in [1.82, 2.24) is 9.78 Å². The first-order valence-corrected chi connectivity index (χ1v) is 6.18. The van der Waals surface area contributed by atoms with Crippen LogP contribution in [0.2, 0.25) is 0 Å². The zero-order valence-corrected chi connectivity index (χ0v) is 12.3. The van der Waals surface area contributed by atoms with Gasteiger partial charge in [-0.1, -0.05) is 0 Å². The van der Waals surface area contributed by atoms with E-state index in [1.54, 1.807) is 13.1 Å². The molecule has 0 atom stereocenters. The summed E-state index contributed by atoms with van der Waals surface area (Å²) in [7, 11) is 4.61. The van der Waals surface area contributed by atoms with Crippen molar-refractivity contribution in [2.75, 3.05) is 20.0 Å². The van der Waals surface area contributed by atoms with E-state index in [1.807, 2.05) is 0 Å². The molecule has 1 aromatic heterocycles. The van der Waals surface area contributed by atoms with Crippen molar-refractivity contribution in [3.63, 3.8) is 0 Å². The summed E-state index contributed by atoms with van der Waals surface area (Å²) in [5, 5.41) is 4.16. The molecule has 1 aromatic carbocycles. The quantitative estimate of drug-likeness (QED) is 0.940. The third kappa shape index (κ3) is 2.25. The van der Waals surface area contributed by atoms with Gasteiger partial charge < -0.3 is 15.2 Å². The summed E-state index contributed by atoms with van der Waals surface area (Å²) in [5.41, 5.74) is 6.32. The van der Waals surface area contributed by atoms with Crippen molar-refractivity contribution in [2.45, 2.75) is 0 Å². The first kappa shape index (κ1) is 13.7. The van der Waals surface area contributed by atoms with E-state index in [0.717, 1.165) is 0 Å². The molecule has 1 heterocycles. The van der Waals surface area contributed by atoms with E-state index in [9.17, 15) is 4.39 Å². The van der Waals surface area contributed by atoms with Crippen LogP contribution in [0.3, 0.4) is 0 Å².